The summed E-state index contributed by atoms with van der Waals surface area (Å²) in [5.74, 6) is 1.84. The largest absolute Gasteiger partial charge is 0.469 e. The maximum Gasteiger partial charge on any atom is 0.191 e. The van der Waals surface area contributed by atoms with Gasteiger partial charge in [-0.1, -0.05) is 6.07 Å². The third-order valence-corrected chi connectivity index (χ3v) is 4.90. The van der Waals surface area contributed by atoms with Crippen molar-refractivity contribution in [3.05, 3.63) is 46.5 Å². The highest BCUT2D eigenvalue weighted by molar-refractivity contribution is 14.0. The van der Waals surface area contributed by atoms with Crippen LogP contribution in [0.15, 0.2) is 45.3 Å². The van der Waals surface area contributed by atoms with E-state index in [1.807, 2.05) is 12.1 Å². The third-order valence-electron chi connectivity index (χ3n) is 3.96. The molecule has 7 heteroatoms. The molecule has 1 aliphatic rings. The summed E-state index contributed by atoms with van der Waals surface area (Å²) >= 11 is 1.79. The maximum atomic E-state index is 5.65. The van der Waals surface area contributed by atoms with Crippen LogP contribution in [-0.4, -0.2) is 38.3 Å². The van der Waals surface area contributed by atoms with E-state index in [1.54, 1.807) is 17.6 Å². The number of hydrogen-bond acceptors (Lipinski definition) is 4. The highest BCUT2D eigenvalue weighted by Crippen LogP contribution is 2.12. The van der Waals surface area contributed by atoms with E-state index in [9.17, 15) is 0 Å². The summed E-state index contributed by atoms with van der Waals surface area (Å²) in [6.45, 7) is 3.25. The molecule has 1 unspecified atom stereocenters. The van der Waals surface area contributed by atoms with Gasteiger partial charge in [0, 0.05) is 31.0 Å². The first kappa shape index (κ1) is 20.3. The standard InChI is InChI=1S/C18H25N3O2S.HI/c1-4-15(22-11-1)7-9-19-18(21-14-16-5-2-12-23-16)20-10-8-17-6-3-13-24-17;/h1,3-4,6,11,13,16H,2,5,7-10,12,14H2,(H2,19,20,21);1H. The summed E-state index contributed by atoms with van der Waals surface area (Å²) in [7, 11) is 0. The van der Waals surface area contributed by atoms with Gasteiger partial charge in [-0.15, -0.1) is 35.3 Å². The number of nitrogens with one attached hydrogen (secondary N) is 2. The van der Waals surface area contributed by atoms with Crippen molar-refractivity contribution in [2.45, 2.75) is 31.8 Å². The zero-order valence-corrected chi connectivity index (χ0v) is 17.4. The molecule has 5 nitrogen and oxygen atoms in total. The molecule has 0 radical (unpaired) electrons. The topological polar surface area (TPSA) is 58.8 Å². The molecule has 1 saturated heterocycles. The van der Waals surface area contributed by atoms with Gasteiger partial charge in [0.05, 0.1) is 18.9 Å². The predicted molar refractivity (Wildman–Crippen MR) is 113 cm³/mol. The van der Waals surface area contributed by atoms with Gasteiger partial charge >= 0.3 is 0 Å². The number of furan rings is 1. The van der Waals surface area contributed by atoms with E-state index in [1.165, 1.54) is 4.88 Å². The summed E-state index contributed by atoms with van der Waals surface area (Å²) in [5, 5.41) is 8.92. The van der Waals surface area contributed by atoms with Crippen LogP contribution in [0.25, 0.3) is 0 Å². The minimum atomic E-state index is 0. The number of aliphatic imine (C=N–C) groups is 1. The number of thiophene rings is 1. The van der Waals surface area contributed by atoms with Crippen LogP contribution in [0.4, 0.5) is 0 Å². The monoisotopic (exact) mass is 475 g/mol. The highest BCUT2D eigenvalue weighted by atomic mass is 127. The summed E-state index contributed by atoms with van der Waals surface area (Å²) in [4.78, 5) is 6.07. The lowest BCUT2D eigenvalue weighted by Crippen LogP contribution is -2.40. The van der Waals surface area contributed by atoms with Crippen molar-refractivity contribution in [2.75, 3.05) is 26.2 Å². The molecule has 2 aromatic heterocycles. The van der Waals surface area contributed by atoms with Crippen LogP contribution in [0, 0.1) is 0 Å². The van der Waals surface area contributed by atoms with Gasteiger partial charge in [-0.25, -0.2) is 0 Å². The average Bonchev–Trinajstić information content (AvgIpc) is 3.34. The Bertz CT molecular complexity index is 554. The van der Waals surface area contributed by atoms with Gasteiger partial charge < -0.3 is 19.8 Å². The van der Waals surface area contributed by atoms with E-state index in [4.69, 9.17) is 9.15 Å². The minimum Gasteiger partial charge on any atom is -0.469 e. The molecule has 0 saturated carbocycles. The van der Waals surface area contributed by atoms with Crippen LogP contribution >= 0.6 is 35.3 Å². The van der Waals surface area contributed by atoms with Gasteiger partial charge in [-0.2, -0.15) is 0 Å². The molecule has 2 N–H and O–H groups in total. The van der Waals surface area contributed by atoms with Gasteiger partial charge in [0.15, 0.2) is 5.96 Å². The molecule has 138 valence electrons. The second kappa shape index (κ2) is 11.5. The van der Waals surface area contributed by atoms with E-state index in [0.717, 1.165) is 63.6 Å². The number of halogens is 1. The first-order valence-corrected chi connectivity index (χ1v) is 9.46. The fourth-order valence-electron chi connectivity index (χ4n) is 2.67. The Balaban J connectivity index is 0.00000225. The lowest BCUT2D eigenvalue weighted by Gasteiger charge is -2.13. The SMILES string of the molecule is I.c1coc(CCNC(=NCC2CCCO2)NCCc2cccs2)c1. The molecule has 0 spiro atoms. The molecular weight excluding hydrogens is 449 g/mol. The predicted octanol–water partition coefficient (Wildman–Crippen LogP) is 3.46. The quantitative estimate of drug-likeness (QED) is 0.349. The second-order valence-corrected chi connectivity index (χ2v) is 6.87. The van der Waals surface area contributed by atoms with E-state index in [2.05, 4.69) is 33.1 Å². The van der Waals surface area contributed by atoms with Gasteiger partial charge in [0.25, 0.3) is 0 Å². The fourth-order valence-corrected chi connectivity index (χ4v) is 3.38. The Morgan fingerprint density at radius 2 is 2.08 bits per heavy atom. The van der Waals surface area contributed by atoms with Gasteiger partial charge in [0.1, 0.15) is 5.76 Å². The van der Waals surface area contributed by atoms with Crippen LogP contribution < -0.4 is 10.6 Å². The van der Waals surface area contributed by atoms with Crippen LogP contribution in [0.1, 0.15) is 23.5 Å². The summed E-state index contributed by atoms with van der Waals surface area (Å²) < 4.78 is 11.0. The van der Waals surface area contributed by atoms with E-state index >= 15 is 0 Å². The molecule has 3 heterocycles. The molecule has 2 aromatic rings. The smallest absolute Gasteiger partial charge is 0.191 e. The van der Waals surface area contributed by atoms with Crippen molar-refractivity contribution in [3.63, 3.8) is 0 Å². The molecule has 0 aromatic carbocycles. The zero-order chi connectivity index (χ0) is 16.5. The summed E-state index contributed by atoms with van der Waals surface area (Å²) in [6.07, 6.45) is 6.09. The van der Waals surface area contributed by atoms with Crippen LogP contribution in [0.5, 0.6) is 0 Å². The molecule has 25 heavy (non-hydrogen) atoms. The van der Waals surface area contributed by atoms with Crippen LogP contribution in [0.2, 0.25) is 0 Å². The second-order valence-electron chi connectivity index (χ2n) is 5.84. The van der Waals surface area contributed by atoms with Gasteiger partial charge in [-0.05, 0) is 42.8 Å². The van der Waals surface area contributed by atoms with Crippen LogP contribution in [0.3, 0.4) is 0 Å². The van der Waals surface area contributed by atoms with E-state index < -0.39 is 0 Å². The first-order chi connectivity index (χ1) is 11.9. The van der Waals surface area contributed by atoms with E-state index in [0.29, 0.717) is 0 Å². The van der Waals surface area contributed by atoms with Crippen molar-refractivity contribution in [1.82, 2.24) is 10.6 Å². The Morgan fingerprint density at radius 3 is 2.76 bits per heavy atom. The lowest BCUT2D eigenvalue weighted by molar-refractivity contribution is 0.117. The Hall–Kier alpha value is -1.06. The number of guanidine groups is 1. The third kappa shape index (κ3) is 7.37. The zero-order valence-electron chi connectivity index (χ0n) is 14.3. The number of nitrogens with zero attached hydrogens (tertiary/aromatic N) is 1. The van der Waals surface area contributed by atoms with Crippen molar-refractivity contribution >= 4 is 41.3 Å². The van der Waals surface area contributed by atoms with Crippen LogP contribution in [-0.2, 0) is 17.6 Å². The molecule has 1 atom stereocenters. The normalized spacial score (nSPS) is 17.3. The fraction of sp³-hybridized carbons (Fsp3) is 0.500. The molecule has 1 aliphatic heterocycles. The van der Waals surface area contributed by atoms with Gasteiger partial charge in [-0.3, -0.25) is 4.99 Å². The number of hydrogen-bond donors (Lipinski definition) is 2. The van der Waals surface area contributed by atoms with E-state index in [-0.39, 0.29) is 30.1 Å². The average molecular weight is 475 g/mol. The molecule has 0 bridgehead atoms. The molecule has 0 amide bonds. The molecule has 0 aliphatic carbocycles. The number of rotatable bonds is 8. The Morgan fingerprint density at radius 1 is 1.20 bits per heavy atom. The van der Waals surface area contributed by atoms with Crippen molar-refractivity contribution in [1.29, 1.82) is 0 Å². The minimum absolute atomic E-state index is 0. The first-order valence-electron chi connectivity index (χ1n) is 8.59. The van der Waals surface area contributed by atoms with Crippen molar-refractivity contribution in [3.8, 4) is 0 Å². The lowest BCUT2D eigenvalue weighted by atomic mass is 10.2. The van der Waals surface area contributed by atoms with Crippen molar-refractivity contribution < 1.29 is 9.15 Å². The Kier molecular flexibility index (Phi) is 9.35. The van der Waals surface area contributed by atoms with Crippen molar-refractivity contribution in [2.24, 2.45) is 4.99 Å². The molecule has 3 rings (SSSR count). The highest BCUT2D eigenvalue weighted by Gasteiger charge is 2.14. The molecular formula is C18H26IN3O2S. The molecule has 1 fully saturated rings. The Labute approximate surface area is 170 Å². The summed E-state index contributed by atoms with van der Waals surface area (Å²) in [5.41, 5.74) is 0. The number of ether oxygens (including phenoxy) is 1. The summed E-state index contributed by atoms with van der Waals surface area (Å²) in [6, 6.07) is 8.17. The maximum absolute atomic E-state index is 5.65. The van der Waals surface area contributed by atoms with Gasteiger partial charge in [0.2, 0.25) is 0 Å².